The molecule has 0 aromatic rings. The van der Waals surface area contributed by atoms with Crippen molar-refractivity contribution in [3.8, 4) is 0 Å². The number of hydrogen-bond donors (Lipinski definition) is 1. The van der Waals surface area contributed by atoms with Crippen LogP contribution in [0.4, 0.5) is 0 Å². The second-order valence-electron chi connectivity index (χ2n) is 9.57. The molecule has 4 atom stereocenters. The van der Waals surface area contributed by atoms with Crippen LogP contribution in [0, 0.1) is 11.3 Å². The summed E-state index contributed by atoms with van der Waals surface area (Å²) >= 11 is 0. The van der Waals surface area contributed by atoms with Gasteiger partial charge in [-0.05, 0) is 49.5 Å². The zero-order valence-electron chi connectivity index (χ0n) is 15.8. The van der Waals surface area contributed by atoms with Crippen molar-refractivity contribution in [2.75, 3.05) is 20.1 Å². The average Bonchev–Trinajstić information content (AvgIpc) is 3.39. The lowest BCUT2D eigenvalue weighted by molar-refractivity contribution is -0.944. The van der Waals surface area contributed by atoms with E-state index in [1.54, 1.807) is 6.08 Å². The monoisotopic (exact) mass is 354 g/mol. The van der Waals surface area contributed by atoms with Crippen LogP contribution in [0.25, 0.3) is 0 Å². The smallest absolute Gasteiger partial charge is 0.181 e. The minimum absolute atomic E-state index is 0.00866. The summed E-state index contributed by atoms with van der Waals surface area (Å²) in [7, 11) is 2.29. The van der Waals surface area contributed by atoms with Crippen LogP contribution in [0.1, 0.15) is 45.4 Å². The molecule has 0 radical (unpaired) electrons. The Kier molecular flexibility index (Phi) is 3.23. The number of likely N-dealkylation sites (tertiary alicyclic amines) is 1. The number of hydrogen-bond acceptors (Lipinski definition) is 3. The molecular weight excluding hydrogens is 326 g/mol. The molecule has 4 nitrogen and oxygen atoms in total. The number of Topliss-reactive ketones (excluding diaryl/α,β-unsaturated/α-hetero) is 1. The zero-order valence-corrected chi connectivity index (χ0v) is 15.8. The standard InChI is InChI=1S/C22H28NO3/c1-14-18(25)6-5-16-11-19-22(26)8-7-17(24)12-21(22,20(14)16)9-10-23(19,2)13-15-3-4-15/h5-6,11,15,19,26H,3-4,7-10,12-13H2,1-2H3/q+1/t19-,21-,22-,23?/m1/s1. The molecule has 0 aromatic heterocycles. The van der Waals surface area contributed by atoms with Crippen LogP contribution in [0.3, 0.4) is 0 Å². The number of likely N-dealkylation sites (N-methyl/N-ethyl adjacent to an activating group) is 1. The number of carbonyl (C=O) groups excluding carboxylic acids is 2. The van der Waals surface area contributed by atoms with Crippen molar-refractivity contribution in [1.82, 2.24) is 0 Å². The Morgan fingerprint density at radius 1 is 1.23 bits per heavy atom. The van der Waals surface area contributed by atoms with Crippen molar-refractivity contribution in [1.29, 1.82) is 0 Å². The van der Waals surface area contributed by atoms with E-state index in [0.29, 0.717) is 19.3 Å². The molecule has 2 bridgehead atoms. The van der Waals surface area contributed by atoms with Crippen LogP contribution < -0.4 is 0 Å². The maximum Gasteiger partial charge on any atom is 0.181 e. The van der Waals surface area contributed by atoms with Gasteiger partial charge in [-0.15, -0.1) is 0 Å². The minimum atomic E-state index is -0.922. The Labute approximate surface area is 154 Å². The molecule has 4 aliphatic carbocycles. The summed E-state index contributed by atoms with van der Waals surface area (Å²) in [5.74, 6) is 1.03. The molecule has 1 aliphatic heterocycles. The number of rotatable bonds is 2. The van der Waals surface area contributed by atoms with E-state index in [2.05, 4.69) is 13.1 Å². The number of allylic oxidation sites excluding steroid dienone is 4. The van der Waals surface area contributed by atoms with Gasteiger partial charge in [0.15, 0.2) is 5.78 Å². The SMILES string of the molecule is CC1=C2C(=C[C@@H]3[C@]4(O)CCC(=O)C[C@]24CC[N+]3(C)CC2CC2)C=CC1=O. The number of fused-ring (bicyclic) bond motifs is 1. The molecule has 1 N–H and O–H groups in total. The summed E-state index contributed by atoms with van der Waals surface area (Å²) in [4.78, 5) is 24.9. The van der Waals surface area contributed by atoms with Crippen LogP contribution in [0.15, 0.2) is 34.9 Å². The second-order valence-corrected chi connectivity index (χ2v) is 9.57. The van der Waals surface area contributed by atoms with Gasteiger partial charge in [0.25, 0.3) is 0 Å². The Morgan fingerprint density at radius 3 is 2.73 bits per heavy atom. The molecule has 0 spiro atoms. The van der Waals surface area contributed by atoms with E-state index in [0.717, 1.165) is 46.6 Å². The highest BCUT2D eigenvalue weighted by atomic mass is 16.3. The van der Waals surface area contributed by atoms with E-state index < -0.39 is 11.0 Å². The molecule has 138 valence electrons. The highest BCUT2D eigenvalue weighted by Crippen LogP contribution is 2.63. The van der Waals surface area contributed by atoms with Crippen LogP contribution in [-0.4, -0.2) is 52.9 Å². The summed E-state index contributed by atoms with van der Waals surface area (Å²) in [5.41, 5.74) is 1.27. The normalized spacial score (nSPS) is 44.6. The maximum atomic E-state index is 12.5. The lowest BCUT2D eigenvalue weighted by atomic mass is 9.48. The fourth-order valence-electron chi connectivity index (χ4n) is 6.48. The van der Waals surface area contributed by atoms with E-state index in [9.17, 15) is 14.7 Å². The molecule has 1 unspecified atom stereocenters. The predicted molar refractivity (Wildman–Crippen MR) is 98.2 cm³/mol. The summed E-state index contributed by atoms with van der Waals surface area (Å²) in [6.07, 6.45) is 10.6. The van der Waals surface area contributed by atoms with Crippen molar-refractivity contribution in [2.24, 2.45) is 11.3 Å². The fourth-order valence-corrected chi connectivity index (χ4v) is 6.48. The van der Waals surface area contributed by atoms with Crippen molar-refractivity contribution >= 4 is 11.6 Å². The van der Waals surface area contributed by atoms with Crippen molar-refractivity contribution < 1.29 is 19.2 Å². The van der Waals surface area contributed by atoms with Crippen LogP contribution in [0.5, 0.6) is 0 Å². The van der Waals surface area contributed by atoms with Gasteiger partial charge in [-0.3, -0.25) is 9.59 Å². The van der Waals surface area contributed by atoms with Gasteiger partial charge in [-0.1, -0.05) is 6.08 Å². The first-order valence-corrected chi connectivity index (χ1v) is 10.0. The number of quaternary nitrogens is 1. The molecule has 0 aromatic carbocycles. The average molecular weight is 354 g/mol. The van der Waals surface area contributed by atoms with Gasteiger partial charge in [0.2, 0.25) is 0 Å². The van der Waals surface area contributed by atoms with E-state index in [1.165, 1.54) is 12.8 Å². The summed E-state index contributed by atoms with van der Waals surface area (Å²) in [6.45, 7) is 3.95. The zero-order chi connectivity index (χ0) is 18.3. The van der Waals surface area contributed by atoms with Gasteiger partial charge in [0.05, 0.1) is 20.1 Å². The number of carbonyl (C=O) groups is 2. The first-order valence-electron chi connectivity index (χ1n) is 10.0. The highest BCUT2D eigenvalue weighted by Gasteiger charge is 2.69. The molecule has 0 amide bonds. The molecular formula is C22H28NO3+. The third-order valence-corrected chi connectivity index (χ3v) is 7.96. The molecule has 2 saturated carbocycles. The van der Waals surface area contributed by atoms with Crippen LogP contribution >= 0.6 is 0 Å². The number of aliphatic hydroxyl groups is 1. The van der Waals surface area contributed by atoms with Gasteiger partial charge in [0, 0.05) is 36.2 Å². The van der Waals surface area contributed by atoms with Crippen LogP contribution in [0.2, 0.25) is 0 Å². The topological polar surface area (TPSA) is 54.4 Å². The van der Waals surface area contributed by atoms with Gasteiger partial charge in [-0.25, -0.2) is 0 Å². The largest absolute Gasteiger partial charge is 0.382 e. The third kappa shape index (κ3) is 1.97. The molecule has 1 heterocycles. The minimum Gasteiger partial charge on any atom is -0.382 e. The summed E-state index contributed by atoms with van der Waals surface area (Å²) < 4.78 is 0.870. The van der Waals surface area contributed by atoms with Gasteiger partial charge < -0.3 is 9.59 Å². The molecule has 1 saturated heterocycles. The fraction of sp³-hybridized carbons (Fsp3) is 0.636. The lowest BCUT2D eigenvalue weighted by Crippen LogP contribution is -2.76. The Morgan fingerprint density at radius 2 is 2.00 bits per heavy atom. The van der Waals surface area contributed by atoms with Gasteiger partial charge >= 0.3 is 0 Å². The Balaban J connectivity index is 1.74. The Hall–Kier alpha value is -1.52. The van der Waals surface area contributed by atoms with E-state index in [-0.39, 0.29) is 17.6 Å². The number of piperidine rings is 1. The van der Waals surface area contributed by atoms with E-state index in [1.807, 2.05) is 13.0 Å². The molecule has 4 heteroatoms. The number of ketones is 2. The third-order valence-electron chi connectivity index (χ3n) is 7.96. The Bertz CT molecular complexity index is 817. The first-order chi connectivity index (χ1) is 12.3. The van der Waals surface area contributed by atoms with Crippen LogP contribution in [-0.2, 0) is 9.59 Å². The summed E-state index contributed by atoms with van der Waals surface area (Å²) in [6, 6.07) is 0.00866. The second kappa shape index (κ2) is 5.05. The molecule has 26 heavy (non-hydrogen) atoms. The van der Waals surface area contributed by atoms with Gasteiger partial charge in [0.1, 0.15) is 17.4 Å². The molecule has 5 aliphatic rings. The maximum absolute atomic E-state index is 12.5. The van der Waals surface area contributed by atoms with Crippen molar-refractivity contribution in [3.05, 3.63) is 34.9 Å². The van der Waals surface area contributed by atoms with Crippen molar-refractivity contribution in [3.63, 3.8) is 0 Å². The molecule has 5 rings (SSSR count). The first kappa shape index (κ1) is 16.6. The number of nitrogens with zero attached hydrogens (tertiary/aromatic N) is 1. The van der Waals surface area contributed by atoms with Gasteiger partial charge in [-0.2, -0.15) is 0 Å². The lowest BCUT2D eigenvalue weighted by Gasteiger charge is -2.64. The predicted octanol–water partition coefficient (Wildman–Crippen LogP) is 2.48. The quantitative estimate of drug-likeness (QED) is 0.775. The van der Waals surface area contributed by atoms with Crippen molar-refractivity contribution in [2.45, 2.75) is 57.1 Å². The van der Waals surface area contributed by atoms with E-state index >= 15 is 0 Å². The highest BCUT2D eigenvalue weighted by molar-refractivity contribution is 6.07. The van der Waals surface area contributed by atoms with E-state index in [4.69, 9.17) is 0 Å². The molecule has 3 fully saturated rings. The summed E-state index contributed by atoms with van der Waals surface area (Å²) in [5, 5.41) is 12.1.